The molecule has 3 nitrogen and oxygen atoms in total. The Bertz CT molecular complexity index is 985. The molecule has 3 heteroatoms. The minimum absolute atomic E-state index is 0.0448. The molecule has 0 aliphatic rings. The fourth-order valence-electron chi connectivity index (χ4n) is 3.54. The van der Waals surface area contributed by atoms with Gasteiger partial charge in [-0.25, -0.2) is 0 Å². The molecule has 1 unspecified atom stereocenters. The van der Waals surface area contributed by atoms with Gasteiger partial charge in [0.1, 0.15) is 0 Å². The highest BCUT2D eigenvalue weighted by molar-refractivity contribution is 5.92. The van der Waals surface area contributed by atoms with Crippen molar-refractivity contribution in [2.24, 2.45) is 5.92 Å². The molecule has 1 amide bonds. The lowest BCUT2D eigenvalue weighted by molar-refractivity contribution is -0.129. The van der Waals surface area contributed by atoms with Gasteiger partial charge in [-0.1, -0.05) is 74.0 Å². The van der Waals surface area contributed by atoms with E-state index in [4.69, 9.17) is 0 Å². The minimum Gasteiger partial charge on any atom is -0.345 e. The third-order valence-electron chi connectivity index (χ3n) is 5.65. The number of hydrogen-bond acceptors (Lipinski definition) is 1. The van der Waals surface area contributed by atoms with Crippen molar-refractivity contribution in [3.8, 4) is 0 Å². The molecule has 156 valence electrons. The van der Waals surface area contributed by atoms with Crippen LogP contribution in [0.1, 0.15) is 43.2 Å². The molecule has 0 bridgehead atoms. The zero-order valence-corrected chi connectivity index (χ0v) is 18.5. The van der Waals surface area contributed by atoms with Gasteiger partial charge in [0.25, 0.3) is 0 Å². The van der Waals surface area contributed by atoms with Gasteiger partial charge in [0, 0.05) is 30.6 Å². The lowest BCUT2D eigenvalue weighted by atomic mass is 10.0. The molecule has 0 aliphatic carbocycles. The number of carbonyl (C=O) groups is 1. The molecule has 0 saturated heterocycles. The first-order valence-corrected chi connectivity index (χ1v) is 10.7. The van der Waals surface area contributed by atoms with Crippen LogP contribution in [-0.4, -0.2) is 21.4 Å². The van der Waals surface area contributed by atoms with Crippen molar-refractivity contribution in [1.82, 2.24) is 9.47 Å². The van der Waals surface area contributed by atoms with Gasteiger partial charge in [-0.2, -0.15) is 0 Å². The standard InChI is InChI=1S/C27H32N2O/c1-21(2)23(4)29(27(30)16-15-24-11-6-5-7-12-24)20-26-14-9-17-28(26)19-25-13-8-10-22(3)18-25/h5-18,21,23H,19-20H2,1-4H3. The predicted molar refractivity (Wildman–Crippen MR) is 125 cm³/mol. The van der Waals surface area contributed by atoms with Crippen molar-refractivity contribution in [2.75, 3.05) is 0 Å². The number of carbonyl (C=O) groups excluding carboxylic acids is 1. The molecule has 1 aromatic heterocycles. The summed E-state index contributed by atoms with van der Waals surface area (Å²) in [4.78, 5) is 15.1. The maximum absolute atomic E-state index is 13.1. The second-order valence-electron chi connectivity index (χ2n) is 8.31. The van der Waals surface area contributed by atoms with Crippen molar-refractivity contribution >= 4 is 12.0 Å². The first-order valence-electron chi connectivity index (χ1n) is 10.7. The van der Waals surface area contributed by atoms with Crippen molar-refractivity contribution in [3.05, 3.63) is 101 Å². The van der Waals surface area contributed by atoms with E-state index in [1.165, 1.54) is 11.1 Å². The summed E-state index contributed by atoms with van der Waals surface area (Å²) in [5, 5.41) is 0. The van der Waals surface area contributed by atoms with Crippen LogP contribution in [0.2, 0.25) is 0 Å². The number of aromatic nitrogens is 1. The van der Waals surface area contributed by atoms with Gasteiger partial charge in [0.2, 0.25) is 5.91 Å². The highest BCUT2D eigenvalue weighted by atomic mass is 16.2. The number of nitrogens with zero attached hydrogens (tertiary/aromatic N) is 2. The number of rotatable bonds is 8. The summed E-state index contributed by atoms with van der Waals surface area (Å²) in [6, 6.07) is 22.9. The molecule has 2 aromatic carbocycles. The van der Waals surface area contributed by atoms with Gasteiger partial charge < -0.3 is 9.47 Å². The largest absolute Gasteiger partial charge is 0.345 e. The van der Waals surface area contributed by atoms with Crippen LogP contribution in [0.3, 0.4) is 0 Å². The molecule has 1 atom stereocenters. The zero-order chi connectivity index (χ0) is 21.5. The van der Waals surface area contributed by atoms with Gasteiger partial charge in [0.15, 0.2) is 0 Å². The van der Waals surface area contributed by atoms with Crippen molar-refractivity contribution in [1.29, 1.82) is 0 Å². The van der Waals surface area contributed by atoms with Crippen molar-refractivity contribution in [2.45, 2.75) is 46.8 Å². The quantitative estimate of drug-likeness (QED) is 0.430. The van der Waals surface area contributed by atoms with Crippen LogP contribution < -0.4 is 0 Å². The highest BCUT2D eigenvalue weighted by Crippen LogP contribution is 2.18. The summed E-state index contributed by atoms with van der Waals surface area (Å²) in [7, 11) is 0. The van der Waals surface area contributed by atoms with Crippen LogP contribution in [-0.2, 0) is 17.9 Å². The van der Waals surface area contributed by atoms with E-state index in [0.717, 1.165) is 17.8 Å². The fourth-order valence-corrected chi connectivity index (χ4v) is 3.54. The molecule has 0 aliphatic heterocycles. The van der Waals surface area contributed by atoms with Crippen LogP contribution in [0.15, 0.2) is 79.0 Å². The maximum atomic E-state index is 13.1. The van der Waals surface area contributed by atoms with E-state index in [9.17, 15) is 4.79 Å². The molecular weight excluding hydrogens is 368 g/mol. The second kappa shape index (κ2) is 10.1. The van der Waals surface area contributed by atoms with E-state index < -0.39 is 0 Å². The first kappa shape index (κ1) is 21.6. The van der Waals surface area contributed by atoms with E-state index in [1.54, 1.807) is 6.08 Å². The summed E-state index contributed by atoms with van der Waals surface area (Å²) in [5.41, 5.74) is 4.71. The first-order chi connectivity index (χ1) is 14.4. The van der Waals surface area contributed by atoms with Crippen LogP contribution in [0.5, 0.6) is 0 Å². The molecule has 0 saturated carbocycles. The summed E-state index contributed by atoms with van der Waals surface area (Å²) in [6.45, 7) is 9.98. The smallest absolute Gasteiger partial charge is 0.247 e. The molecule has 3 aromatic rings. The molecule has 1 heterocycles. The lowest BCUT2D eigenvalue weighted by Crippen LogP contribution is -2.40. The van der Waals surface area contributed by atoms with Crippen molar-refractivity contribution < 1.29 is 4.79 Å². The molecule has 0 radical (unpaired) electrons. The summed E-state index contributed by atoms with van der Waals surface area (Å²) in [5.74, 6) is 0.419. The Kier molecular flexibility index (Phi) is 7.29. The third kappa shape index (κ3) is 5.73. The number of amides is 1. The van der Waals surface area contributed by atoms with Crippen LogP contribution in [0, 0.1) is 12.8 Å². The zero-order valence-electron chi connectivity index (χ0n) is 18.5. The molecule has 30 heavy (non-hydrogen) atoms. The second-order valence-corrected chi connectivity index (χ2v) is 8.31. The van der Waals surface area contributed by atoms with E-state index in [-0.39, 0.29) is 11.9 Å². The summed E-state index contributed by atoms with van der Waals surface area (Å²) >= 11 is 0. The monoisotopic (exact) mass is 400 g/mol. The van der Waals surface area contributed by atoms with Gasteiger partial charge in [-0.15, -0.1) is 0 Å². The van der Waals surface area contributed by atoms with Crippen molar-refractivity contribution in [3.63, 3.8) is 0 Å². The lowest BCUT2D eigenvalue weighted by Gasteiger charge is -2.31. The fraction of sp³-hybridized carbons (Fsp3) is 0.296. The summed E-state index contributed by atoms with van der Waals surface area (Å²) in [6.07, 6.45) is 5.69. The van der Waals surface area contributed by atoms with Gasteiger partial charge >= 0.3 is 0 Å². The third-order valence-corrected chi connectivity index (χ3v) is 5.65. The van der Waals surface area contributed by atoms with Crippen LogP contribution >= 0.6 is 0 Å². The topological polar surface area (TPSA) is 25.2 Å². The normalized spacial score (nSPS) is 12.4. The van der Waals surface area contributed by atoms with E-state index >= 15 is 0 Å². The van der Waals surface area contributed by atoms with Gasteiger partial charge in [0.05, 0.1) is 6.54 Å². The Hall–Kier alpha value is -3.07. The molecule has 0 N–H and O–H groups in total. The Balaban J connectivity index is 1.80. The highest BCUT2D eigenvalue weighted by Gasteiger charge is 2.22. The Morgan fingerprint density at radius 3 is 2.47 bits per heavy atom. The minimum atomic E-state index is 0.0448. The predicted octanol–water partition coefficient (Wildman–Crippen LogP) is 5.93. The Morgan fingerprint density at radius 2 is 1.77 bits per heavy atom. The maximum Gasteiger partial charge on any atom is 0.247 e. The van der Waals surface area contributed by atoms with E-state index in [1.807, 2.05) is 41.3 Å². The molecule has 0 fully saturated rings. The van der Waals surface area contributed by atoms with Gasteiger partial charge in [-0.05, 0) is 49.1 Å². The average molecular weight is 401 g/mol. The van der Waals surface area contributed by atoms with E-state index in [0.29, 0.717) is 12.5 Å². The number of benzene rings is 2. The van der Waals surface area contributed by atoms with Crippen LogP contribution in [0.25, 0.3) is 6.08 Å². The Labute approximate surface area is 180 Å². The molecular formula is C27H32N2O. The average Bonchev–Trinajstić information content (AvgIpc) is 3.17. The number of aryl methyl sites for hydroxylation is 1. The molecule has 3 rings (SSSR count). The SMILES string of the molecule is Cc1cccc(Cn2cccc2CN(C(=O)C=Cc2ccccc2)C(C)C(C)C)c1. The van der Waals surface area contributed by atoms with Gasteiger partial charge in [-0.3, -0.25) is 4.79 Å². The molecule has 0 spiro atoms. The Morgan fingerprint density at radius 1 is 1.00 bits per heavy atom. The number of hydrogen-bond donors (Lipinski definition) is 0. The van der Waals surface area contributed by atoms with Crippen LogP contribution in [0.4, 0.5) is 0 Å². The van der Waals surface area contributed by atoms with E-state index in [2.05, 4.69) is 74.9 Å². The summed E-state index contributed by atoms with van der Waals surface area (Å²) < 4.78 is 2.24.